The van der Waals surface area contributed by atoms with Gasteiger partial charge in [0.05, 0.1) is 0 Å². The van der Waals surface area contributed by atoms with Crippen LogP contribution in [0.2, 0.25) is 0 Å². The molecule has 4 heteroatoms. The summed E-state index contributed by atoms with van der Waals surface area (Å²) in [6, 6.07) is 9.39. The van der Waals surface area contributed by atoms with Gasteiger partial charge in [0, 0.05) is 11.4 Å². The Bertz CT molecular complexity index is 513. The number of rotatable bonds is 2. The van der Waals surface area contributed by atoms with Crippen LogP contribution in [0.1, 0.15) is 5.56 Å². The SMILES string of the molecule is Cc1ccc(Nc2c(F)cc(N)cc2F)cc1. The summed E-state index contributed by atoms with van der Waals surface area (Å²) in [5.74, 6) is -1.41. The smallest absolute Gasteiger partial charge is 0.151 e. The summed E-state index contributed by atoms with van der Waals surface area (Å²) in [4.78, 5) is 0. The Hall–Kier alpha value is -2.10. The lowest BCUT2D eigenvalue weighted by molar-refractivity contribution is 0.592. The number of hydrogen-bond donors (Lipinski definition) is 2. The average Bonchev–Trinajstić information content (AvgIpc) is 2.26. The number of halogens is 2. The van der Waals surface area contributed by atoms with Crippen molar-refractivity contribution in [2.45, 2.75) is 6.92 Å². The molecule has 2 aromatic rings. The zero-order valence-corrected chi connectivity index (χ0v) is 9.30. The largest absolute Gasteiger partial charge is 0.399 e. The van der Waals surface area contributed by atoms with Crippen molar-refractivity contribution < 1.29 is 8.78 Å². The first-order valence-electron chi connectivity index (χ1n) is 5.14. The van der Waals surface area contributed by atoms with E-state index in [1.54, 1.807) is 12.1 Å². The lowest BCUT2D eigenvalue weighted by Crippen LogP contribution is -1.99. The van der Waals surface area contributed by atoms with Crippen molar-refractivity contribution in [1.82, 2.24) is 0 Å². The minimum atomic E-state index is -0.705. The van der Waals surface area contributed by atoms with Crippen LogP contribution in [0.4, 0.5) is 25.8 Å². The lowest BCUT2D eigenvalue weighted by Gasteiger charge is -2.09. The van der Waals surface area contributed by atoms with Gasteiger partial charge in [-0.3, -0.25) is 0 Å². The molecule has 2 rings (SSSR count). The fourth-order valence-electron chi connectivity index (χ4n) is 1.49. The van der Waals surface area contributed by atoms with Crippen LogP contribution in [0.25, 0.3) is 0 Å². The first kappa shape index (κ1) is 11.4. The van der Waals surface area contributed by atoms with Crippen molar-refractivity contribution >= 4 is 17.1 Å². The van der Waals surface area contributed by atoms with Crippen molar-refractivity contribution in [2.75, 3.05) is 11.1 Å². The van der Waals surface area contributed by atoms with Crippen LogP contribution in [-0.2, 0) is 0 Å². The molecule has 0 radical (unpaired) electrons. The fourth-order valence-corrected chi connectivity index (χ4v) is 1.49. The molecule has 0 bridgehead atoms. The van der Waals surface area contributed by atoms with Crippen LogP contribution in [0.5, 0.6) is 0 Å². The van der Waals surface area contributed by atoms with Crippen LogP contribution in [0.15, 0.2) is 36.4 Å². The maximum atomic E-state index is 13.5. The van der Waals surface area contributed by atoms with E-state index in [-0.39, 0.29) is 11.4 Å². The number of anilines is 3. The average molecular weight is 234 g/mol. The van der Waals surface area contributed by atoms with E-state index < -0.39 is 11.6 Å². The van der Waals surface area contributed by atoms with Crippen LogP contribution in [0.3, 0.4) is 0 Å². The standard InChI is InChI=1S/C13H12F2N2/c1-8-2-4-10(5-3-8)17-13-11(14)6-9(16)7-12(13)15/h2-7,17H,16H2,1H3. The highest BCUT2D eigenvalue weighted by Crippen LogP contribution is 2.25. The second-order valence-corrected chi connectivity index (χ2v) is 3.85. The lowest BCUT2D eigenvalue weighted by atomic mass is 10.2. The highest BCUT2D eigenvalue weighted by atomic mass is 19.1. The summed E-state index contributed by atoms with van der Waals surface area (Å²) in [7, 11) is 0. The van der Waals surface area contributed by atoms with Gasteiger partial charge in [-0.2, -0.15) is 0 Å². The highest BCUT2D eigenvalue weighted by Gasteiger charge is 2.10. The van der Waals surface area contributed by atoms with Gasteiger partial charge in [0.2, 0.25) is 0 Å². The number of aryl methyl sites for hydroxylation is 1. The molecule has 0 aliphatic heterocycles. The second kappa shape index (κ2) is 4.41. The first-order chi connectivity index (χ1) is 8.06. The van der Waals surface area contributed by atoms with E-state index in [2.05, 4.69) is 5.32 Å². The Kier molecular flexibility index (Phi) is 2.95. The molecule has 0 spiro atoms. The number of nitrogens with two attached hydrogens (primary N) is 1. The van der Waals surface area contributed by atoms with E-state index in [1.165, 1.54) is 0 Å². The number of nitrogens with one attached hydrogen (secondary N) is 1. The third-order valence-electron chi connectivity index (χ3n) is 2.39. The van der Waals surface area contributed by atoms with E-state index in [0.717, 1.165) is 17.7 Å². The quantitative estimate of drug-likeness (QED) is 0.779. The summed E-state index contributed by atoms with van der Waals surface area (Å²) >= 11 is 0. The summed E-state index contributed by atoms with van der Waals surface area (Å²) < 4.78 is 27.0. The third-order valence-corrected chi connectivity index (χ3v) is 2.39. The molecule has 0 aliphatic rings. The van der Waals surface area contributed by atoms with E-state index >= 15 is 0 Å². The Morgan fingerprint density at radius 3 is 2.06 bits per heavy atom. The normalized spacial score (nSPS) is 10.3. The Labute approximate surface area is 98.1 Å². The topological polar surface area (TPSA) is 38.0 Å². The molecule has 0 heterocycles. The van der Waals surface area contributed by atoms with E-state index in [9.17, 15) is 8.78 Å². The molecular weight excluding hydrogens is 222 g/mol. The predicted molar refractivity (Wildman–Crippen MR) is 65.2 cm³/mol. The molecule has 0 aliphatic carbocycles. The molecule has 0 fully saturated rings. The molecule has 0 unspecified atom stereocenters. The van der Waals surface area contributed by atoms with Gasteiger partial charge in [0.25, 0.3) is 0 Å². The van der Waals surface area contributed by atoms with Crippen molar-refractivity contribution in [3.05, 3.63) is 53.6 Å². The summed E-state index contributed by atoms with van der Waals surface area (Å²) in [5, 5.41) is 2.69. The molecule has 0 amide bonds. The van der Waals surface area contributed by atoms with Gasteiger partial charge in [0.15, 0.2) is 11.6 Å². The molecule has 0 atom stereocenters. The molecule has 17 heavy (non-hydrogen) atoms. The monoisotopic (exact) mass is 234 g/mol. The Morgan fingerprint density at radius 2 is 1.53 bits per heavy atom. The summed E-state index contributed by atoms with van der Waals surface area (Å²) in [5.41, 5.74) is 6.91. The molecule has 0 saturated carbocycles. The third kappa shape index (κ3) is 2.53. The summed E-state index contributed by atoms with van der Waals surface area (Å²) in [6.07, 6.45) is 0. The van der Waals surface area contributed by atoms with E-state index in [0.29, 0.717) is 5.69 Å². The first-order valence-corrected chi connectivity index (χ1v) is 5.14. The van der Waals surface area contributed by atoms with Crippen molar-refractivity contribution in [1.29, 1.82) is 0 Å². The van der Waals surface area contributed by atoms with Gasteiger partial charge in [-0.05, 0) is 31.2 Å². The fraction of sp³-hybridized carbons (Fsp3) is 0.0769. The predicted octanol–water partition coefficient (Wildman–Crippen LogP) is 3.60. The van der Waals surface area contributed by atoms with Crippen molar-refractivity contribution in [2.24, 2.45) is 0 Å². The zero-order chi connectivity index (χ0) is 12.4. The van der Waals surface area contributed by atoms with Crippen LogP contribution in [-0.4, -0.2) is 0 Å². The van der Waals surface area contributed by atoms with Gasteiger partial charge in [-0.15, -0.1) is 0 Å². The van der Waals surface area contributed by atoms with Gasteiger partial charge < -0.3 is 11.1 Å². The Balaban J connectivity index is 2.33. The zero-order valence-electron chi connectivity index (χ0n) is 9.30. The molecule has 88 valence electrons. The Morgan fingerprint density at radius 1 is 1.00 bits per heavy atom. The van der Waals surface area contributed by atoms with Gasteiger partial charge in [0.1, 0.15) is 5.69 Å². The molecule has 2 aromatic carbocycles. The molecule has 0 aromatic heterocycles. The maximum absolute atomic E-state index is 13.5. The van der Waals surface area contributed by atoms with Crippen LogP contribution in [0, 0.1) is 18.6 Å². The van der Waals surface area contributed by atoms with E-state index in [1.807, 2.05) is 19.1 Å². The van der Waals surface area contributed by atoms with Gasteiger partial charge in [-0.25, -0.2) is 8.78 Å². The van der Waals surface area contributed by atoms with Crippen LogP contribution < -0.4 is 11.1 Å². The van der Waals surface area contributed by atoms with Crippen molar-refractivity contribution in [3.63, 3.8) is 0 Å². The molecular formula is C13H12F2N2. The number of benzene rings is 2. The highest BCUT2D eigenvalue weighted by molar-refractivity contribution is 5.63. The summed E-state index contributed by atoms with van der Waals surface area (Å²) in [6.45, 7) is 1.94. The minimum Gasteiger partial charge on any atom is -0.399 e. The number of hydrogen-bond acceptors (Lipinski definition) is 2. The van der Waals surface area contributed by atoms with Crippen LogP contribution >= 0.6 is 0 Å². The van der Waals surface area contributed by atoms with E-state index in [4.69, 9.17) is 5.73 Å². The molecule has 2 nitrogen and oxygen atoms in total. The minimum absolute atomic E-state index is 0.0643. The second-order valence-electron chi connectivity index (χ2n) is 3.85. The van der Waals surface area contributed by atoms with Crippen molar-refractivity contribution in [3.8, 4) is 0 Å². The van der Waals surface area contributed by atoms with Gasteiger partial charge >= 0.3 is 0 Å². The maximum Gasteiger partial charge on any atom is 0.151 e. The molecule has 3 N–H and O–H groups in total. The van der Waals surface area contributed by atoms with Gasteiger partial charge in [-0.1, -0.05) is 17.7 Å². The molecule has 0 saturated heterocycles. The number of nitrogen functional groups attached to an aromatic ring is 1.